The van der Waals surface area contributed by atoms with Crippen LogP contribution in [0.25, 0.3) is 11.1 Å². The summed E-state index contributed by atoms with van der Waals surface area (Å²) < 4.78 is 7.59. The molecule has 136 valence electrons. The van der Waals surface area contributed by atoms with Crippen LogP contribution < -0.4 is 4.74 Å². The Labute approximate surface area is 163 Å². The lowest BCUT2D eigenvalue weighted by Crippen LogP contribution is -2.00. The van der Waals surface area contributed by atoms with Crippen LogP contribution in [0.3, 0.4) is 0 Å². The lowest BCUT2D eigenvalue weighted by molar-refractivity contribution is 0.301. The maximum Gasteiger partial charge on any atom is 0.134 e. The third kappa shape index (κ3) is 4.25. The molecule has 4 aromatic rings. The third-order valence-corrected chi connectivity index (χ3v) is 4.36. The average Bonchev–Trinajstić information content (AvgIpc) is 3.21. The summed E-state index contributed by atoms with van der Waals surface area (Å²) in [5.41, 5.74) is 4.81. The van der Waals surface area contributed by atoms with Crippen LogP contribution in [-0.2, 0) is 13.2 Å². The van der Waals surface area contributed by atoms with Crippen LogP contribution in [-0.4, -0.2) is 15.0 Å². The van der Waals surface area contributed by atoms with Crippen LogP contribution in [0.2, 0.25) is 0 Å². The molecule has 0 radical (unpaired) electrons. The molecule has 0 spiro atoms. The van der Waals surface area contributed by atoms with E-state index in [0.29, 0.717) is 18.7 Å². The minimum absolute atomic E-state index is 0.359. The third-order valence-electron chi connectivity index (χ3n) is 4.36. The minimum Gasteiger partial charge on any atom is -0.487 e. The first-order valence-electron chi connectivity index (χ1n) is 8.96. The van der Waals surface area contributed by atoms with Gasteiger partial charge in [-0.1, -0.05) is 59.8 Å². The normalized spacial score (nSPS) is 10.4. The van der Waals surface area contributed by atoms with Gasteiger partial charge in [0.2, 0.25) is 0 Å². The molecular formula is C23H18N4O. The molecule has 1 heterocycles. The lowest BCUT2D eigenvalue weighted by atomic mass is 10.1. The number of aromatic nitrogens is 3. The van der Waals surface area contributed by atoms with E-state index in [0.717, 1.165) is 22.6 Å². The van der Waals surface area contributed by atoms with Gasteiger partial charge >= 0.3 is 0 Å². The van der Waals surface area contributed by atoms with E-state index in [-0.39, 0.29) is 0 Å². The first kappa shape index (κ1) is 17.5. The fourth-order valence-corrected chi connectivity index (χ4v) is 2.89. The Kier molecular flexibility index (Phi) is 5.12. The monoisotopic (exact) mass is 366 g/mol. The maximum atomic E-state index is 8.86. The number of benzene rings is 3. The number of hydrogen-bond donors (Lipinski definition) is 0. The molecule has 3 aromatic carbocycles. The summed E-state index contributed by atoms with van der Waals surface area (Å²) in [6.07, 6.45) is 1.87. The molecule has 0 aliphatic heterocycles. The lowest BCUT2D eigenvalue weighted by Gasteiger charge is -2.06. The quantitative estimate of drug-likeness (QED) is 0.506. The topological polar surface area (TPSA) is 63.7 Å². The maximum absolute atomic E-state index is 8.86. The smallest absolute Gasteiger partial charge is 0.134 e. The second-order valence-corrected chi connectivity index (χ2v) is 6.40. The highest BCUT2D eigenvalue weighted by Crippen LogP contribution is 2.22. The van der Waals surface area contributed by atoms with Gasteiger partial charge in [-0.3, -0.25) is 0 Å². The Morgan fingerprint density at radius 3 is 2.29 bits per heavy atom. The summed E-state index contributed by atoms with van der Waals surface area (Å²) in [6.45, 7) is 0.961. The Morgan fingerprint density at radius 2 is 1.57 bits per heavy atom. The van der Waals surface area contributed by atoms with Crippen molar-refractivity contribution in [1.29, 1.82) is 5.26 Å². The number of nitrogens with zero attached hydrogens (tertiary/aromatic N) is 4. The van der Waals surface area contributed by atoms with Crippen molar-refractivity contribution in [3.63, 3.8) is 0 Å². The molecule has 1 aromatic heterocycles. The van der Waals surface area contributed by atoms with Gasteiger partial charge in [-0.25, -0.2) is 4.68 Å². The molecule has 0 saturated heterocycles. The molecule has 0 atom stereocenters. The fraction of sp³-hybridized carbons (Fsp3) is 0.0870. The van der Waals surface area contributed by atoms with Gasteiger partial charge < -0.3 is 4.74 Å². The zero-order chi connectivity index (χ0) is 19.2. The zero-order valence-electron chi connectivity index (χ0n) is 15.2. The molecule has 5 heteroatoms. The Balaban J connectivity index is 1.34. The predicted octanol–water partition coefficient (Wildman–Crippen LogP) is 4.44. The molecule has 4 rings (SSSR count). The molecule has 28 heavy (non-hydrogen) atoms. The van der Waals surface area contributed by atoms with E-state index in [1.165, 1.54) is 5.56 Å². The Bertz CT molecular complexity index is 1080. The van der Waals surface area contributed by atoms with Gasteiger partial charge in [0.1, 0.15) is 18.1 Å². The van der Waals surface area contributed by atoms with Crippen molar-refractivity contribution in [2.24, 2.45) is 0 Å². The van der Waals surface area contributed by atoms with Crippen molar-refractivity contribution >= 4 is 0 Å². The molecule has 0 unspecified atom stereocenters. The van der Waals surface area contributed by atoms with Gasteiger partial charge in [0.15, 0.2) is 0 Å². The van der Waals surface area contributed by atoms with E-state index in [1.807, 2.05) is 60.8 Å². The molecule has 0 N–H and O–H groups in total. The standard InChI is InChI=1S/C23H18N4O/c24-14-18-6-8-19(9-7-18)15-27-16-22(25-26-27)17-28-23-12-10-21(11-13-23)20-4-2-1-3-5-20/h1-13,16H,15,17H2. The van der Waals surface area contributed by atoms with Crippen molar-refractivity contribution in [2.75, 3.05) is 0 Å². The molecule has 5 nitrogen and oxygen atoms in total. The molecule has 0 aliphatic rings. The van der Waals surface area contributed by atoms with Crippen molar-refractivity contribution in [2.45, 2.75) is 13.2 Å². The fourth-order valence-electron chi connectivity index (χ4n) is 2.89. The number of ether oxygens (including phenoxy) is 1. The number of rotatable bonds is 6. The largest absolute Gasteiger partial charge is 0.487 e. The van der Waals surface area contributed by atoms with Gasteiger partial charge in [0.05, 0.1) is 24.4 Å². The van der Waals surface area contributed by atoms with E-state index in [4.69, 9.17) is 10.00 Å². The number of nitriles is 1. The summed E-state index contributed by atoms with van der Waals surface area (Å²) in [4.78, 5) is 0. The second kappa shape index (κ2) is 8.19. The van der Waals surface area contributed by atoms with E-state index < -0.39 is 0 Å². The van der Waals surface area contributed by atoms with Crippen LogP contribution in [0.4, 0.5) is 0 Å². The predicted molar refractivity (Wildman–Crippen MR) is 106 cm³/mol. The highest BCUT2D eigenvalue weighted by molar-refractivity contribution is 5.63. The van der Waals surface area contributed by atoms with Gasteiger partial charge in [0.25, 0.3) is 0 Å². The molecule has 0 bridgehead atoms. The van der Waals surface area contributed by atoms with E-state index >= 15 is 0 Å². The summed E-state index contributed by atoms with van der Waals surface area (Å²) in [6, 6.07) is 27.8. The highest BCUT2D eigenvalue weighted by atomic mass is 16.5. The summed E-state index contributed by atoms with van der Waals surface area (Å²) >= 11 is 0. The van der Waals surface area contributed by atoms with Crippen molar-refractivity contribution in [3.05, 3.63) is 102 Å². The number of hydrogen-bond acceptors (Lipinski definition) is 4. The van der Waals surface area contributed by atoms with Crippen LogP contribution in [0.5, 0.6) is 5.75 Å². The average molecular weight is 366 g/mol. The second-order valence-electron chi connectivity index (χ2n) is 6.40. The molecule has 0 fully saturated rings. The molecule has 0 aliphatic carbocycles. The van der Waals surface area contributed by atoms with Gasteiger partial charge in [-0.05, 0) is 41.0 Å². The first-order chi connectivity index (χ1) is 13.8. The van der Waals surface area contributed by atoms with Crippen molar-refractivity contribution in [3.8, 4) is 22.9 Å². The van der Waals surface area contributed by atoms with Crippen molar-refractivity contribution < 1.29 is 4.74 Å². The van der Waals surface area contributed by atoms with Crippen molar-refractivity contribution in [1.82, 2.24) is 15.0 Å². The van der Waals surface area contributed by atoms with E-state index in [9.17, 15) is 0 Å². The zero-order valence-corrected chi connectivity index (χ0v) is 15.2. The Hall–Kier alpha value is -3.91. The van der Waals surface area contributed by atoms with E-state index in [1.54, 1.807) is 16.8 Å². The Morgan fingerprint density at radius 1 is 0.857 bits per heavy atom. The molecule has 0 saturated carbocycles. The van der Waals surface area contributed by atoms with Gasteiger partial charge in [-0.2, -0.15) is 5.26 Å². The van der Waals surface area contributed by atoms with Crippen LogP contribution in [0, 0.1) is 11.3 Å². The SMILES string of the molecule is N#Cc1ccc(Cn2cc(COc3ccc(-c4ccccc4)cc3)nn2)cc1. The highest BCUT2D eigenvalue weighted by Gasteiger charge is 2.04. The van der Waals surface area contributed by atoms with Crippen LogP contribution in [0.15, 0.2) is 85.1 Å². The molecular weight excluding hydrogens is 348 g/mol. The van der Waals surface area contributed by atoms with Gasteiger partial charge in [-0.15, -0.1) is 5.10 Å². The summed E-state index contributed by atoms with van der Waals surface area (Å²) in [5.74, 6) is 0.793. The molecule has 0 amide bonds. The summed E-state index contributed by atoms with van der Waals surface area (Å²) in [5, 5.41) is 17.2. The van der Waals surface area contributed by atoms with E-state index in [2.05, 4.69) is 28.5 Å². The van der Waals surface area contributed by atoms with Crippen LogP contribution in [0.1, 0.15) is 16.8 Å². The summed E-state index contributed by atoms with van der Waals surface area (Å²) in [7, 11) is 0. The minimum atomic E-state index is 0.359. The van der Waals surface area contributed by atoms with Crippen LogP contribution >= 0.6 is 0 Å². The first-order valence-corrected chi connectivity index (χ1v) is 8.96. The van der Waals surface area contributed by atoms with Gasteiger partial charge in [0, 0.05) is 0 Å².